The van der Waals surface area contributed by atoms with Crippen molar-refractivity contribution in [2.24, 2.45) is 0 Å². The average molecular weight is 291 g/mol. The van der Waals surface area contributed by atoms with E-state index in [1.54, 1.807) is 6.07 Å². The second-order valence-corrected chi connectivity index (χ2v) is 6.08. The summed E-state index contributed by atoms with van der Waals surface area (Å²) < 4.78 is 100. The minimum Gasteiger partial charge on any atom is -0.303 e. The van der Waals surface area contributed by atoms with Gasteiger partial charge in [-0.2, -0.15) is 0 Å². The summed E-state index contributed by atoms with van der Waals surface area (Å²) >= 11 is 0. The predicted octanol–water partition coefficient (Wildman–Crippen LogP) is 2.68. The molecule has 1 saturated heterocycles. The van der Waals surface area contributed by atoms with Gasteiger partial charge in [0.2, 0.25) is 0 Å². The standard InChI is InChI=1S/C15H23NO2S/c1-3-9-16-10-5-7-14(12-16)13-6-4-8-15(11-13)19(2,17)18/h4,6,8,11,14H,3,5,7,9-10,12H2,1-2H3/t14-/m1/s1/i1D3,2D3,3D2,9D2. The third kappa shape index (κ3) is 3.80. The van der Waals surface area contributed by atoms with E-state index in [9.17, 15) is 8.42 Å². The van der Waals surface area contributed by atoms with E-state index in [1.807, 2.05) is 0 Å². The summed E-state index contributed by atoms with van der Waals surface area (Å²) in [6, 6.07) is 5.42. The maximum Gasteiger partial charge on any atom is 0.175 e. The van der Waals surface area contributed by atoms with Gasteiger partial charge in [-0.05, 0) is 55.9 Å². The molecule has 0 spiro atoms. The summed E-state index contributed by atoms with van der Waals surface area (Å²) in [4.78, 5) is 0.756. The molecule has 3 nitrogen and oxygen atoms in total. The van der Waals surface area contributed by atoms with Crippen LogP contribution in [0.2, 0.25) is 0 Å². The van der Waals surface area contributed by atoms with Crippen molar-refractivity contribution in [3.05, 3.63) is 29.8 Å². The van der Waals surface area contributed by atoms with Gasteiger partial charge in [-0.3, -0.25) is 0 Å². The van der Waals surface area contributed by atoms with E-state index in [-0.39, 0.29) is 18.0 Å². The van der Waals surface area contributed by atoms with E-state index in [2.05, 4.69) is 0 Å². The van der Waals surface area contributed by atoms with Crippen molar-refractivity contribution in [2.45, 2.75) is 36.9 Å². The number of nitrogens with zero attached hydrogens (tertiary/aromatic N) is 1. The van der Waals surface area contributed by atoms with E-state index in [0.29, 0.717) is 18.4 Å². The molecule has 0 bridgehead atoms. The fourth-order valence-corrected chi connectivity index (χ4v) is 2.91. The third-order valence-electron chi connectivity index (χ3n) is 3.28. The first-order valence-electron chi connectivity index (χ1n) is 11.0. The summed E-state index contributed by atoms with van der Waals surface area (Å²) in [5.41, 5.74) is 0.477. The molecule has 1 aromatic carbocycles. The van der Waals surface area contributed by atoms with Gasteiger partial charge in [-0.25, -0.2) is 8.42 Å². The lowest BCUT2D eigenvalue weighted by atomic mass is 9.90. The van der Waals surface area contributed by atoms with Gasteiger partial charge in [0.05, 0.1) is 4.90 Å². The first-order chi connectivity index (χ1) is 12.9. The Morgan fingerprint density at radius 1 is 1.53 bits per heavy atom. The van der Waals surface area contributed by atoms with Crippen molar-refractivity contribution >= 4 is 9.84 Å². The van der Waals surface area contributed by atoms with Crippen molar-refractivity contribution in [1.82, 2.24) is 4.90 Å². The van der Waals surface area contributed by atoms with Crippen LogP contribution in [-0.2, 0) is 9.84 Å². The molecule has 1 heterocycles. The molecule has 0 aliphatic carbocycles. The van der Waals surface area contributed by atoms with Crippen LogP contribution in [0.4, 0.5) is 0 Å². The SMILES string of the molecule is [2H]C([2H])([2H])C([2H])([2H])C([2H])([2H])N1CCC[C@@H](c2cccc(S(=O)(=O)C([2H])([2H])[2H])c2)C1. The molecule has 0 amide bonds. The number of benzene rings is 1. The summed E-state index contributed by atoms with van der Waals surface area (Å²) in [7, 11) is -4.54. The normalized spacial score (nSPS) is 32.1. The van der Waals surface area contributed by atoms with Crippen molar-refractivity contribution in [2.75, 3.05) is 25.8 Å². The van der Waals surface area contributed by atoms with E-state index in [4.69, 9.17) is 13.7 Å². The molecule has 1 aliphatic heterocycles. The van der Waals surface area contributed by atoms with Gasteiger partial charge in [-0.15, -0.1) is 0 Å². The largest absolute Gasteiger partial charge is 0.303 e. The second kappa shape index (κ2) is 6.06. The smallest absolute Gasteiger partial charge is 0.175 e. The molecule has 2 rings (SSSR count). The van der Waals surface area contributed by atoms with Crippen LogP contribution < -0.4 is 0 Å². The first-order valence-corrected chi connectivity index (χ1v) is 7.51. The number of hydrogen-bond acceptors (Lipinski definition) is 3. The molecule has 1 atom stereocenters. The Kier molecular flexibility index (Phi) is 2.00. The van der Waals surface area contributed by atoms with Crippen molar-refractivity contribution in [3.63, 3.8) is 0 Å². The van der Waals surface area contributed by atoms with Gasteiger partial charge in [0, 0.05) is 26.4 Å². The minimum absolute atomic E-state index is 0.0279. The van der Waals surface area contributed by atoms with Crippen LogP contribution in [0.25, 0.3) is 0 Å². The zero-order valence-corrected chi connectivity index (χ0v) is 11.2. The van der Waals surface area contributed by atoms with Gasteiger partial charge >= 0.3 is 0 Å². The van der Waals surface area contributed by atoms with Gasteiger partial charge in [-0.1, -0.05) is 19.0 Å². The quantitative estimate of drug-likeness (QED) is 0.856. The monoisotopic (exact) mass is 291 g/mol. The summed E-state index contributed by atoms with van der Waals surface area (Å²) in [5.74, 6) is -0.405. The molecule has 1 aliphatic rings. The average Bonchev–Trinajstić information content (AvgIpc) is 2.60. The molecular weight excluding hydrogens is 258 g/mol. The number of rotatable bonds is 4. The molecule has 4 heteroatoms. The fraction of sp³-hybridized carbons (Fsp3) is 0.600. The Labute approximate surface area is 130 Å². The highest BCUT2D eigenvalue weighted by Crippen LogP contribution is 2.28. The Balaban J connectivity index is 2.34. The highest BCUT2D eigenvalue weighted by atomic mass is 32.2. The van der Waals surface area contributed by atoms with Gasteiger partial charge in [0.1, 0.15) is 0 Å². The van der Waals surface area contributed by atoms with E-state index < -0.39 is 41.7 Å². The molecule has 106 valence electrons. The van der Waals surface area contributed by atoms with Gasteiger partial charge in [0.25, 0.3) is 0 Å². The molecule has 19 heavy (non-hydrogen) atoms. The van der Waals surface area contributed by atoms with Gasteiger partial charge in [0.15, 0.2) is 9.84 Å². The lowest BCUT2D eigenvalue weighted by molar-refractivity contribution is 0.208. The Bertz CT molecular complexity index is 847. The van der Waals surface area contributed by atoms with Crippen molar-refractivity contribution < 1.29 is 22.1 Å². The Morgan fingerprint density at radius 3 is 3.21 bits per heavy atom. The molecule has 0 N–H and O–H groups in total. The second-order valence-electron chi connectivity index (χ2n) is 4.60. The van der Waals surface area contributed by atoms with E-state index in [0.717, 1.165) is 4.90 Å². The number of piperidine rings is 1. The molecule has 0 unspecified atom stereocenters. The Morgan fingerprint density at radius 2 is 2.42 bits per heavy atom. The summed E-state index contributed by atoms with van der Waals surface area (Å²) in [6.45, 7) is -5.83. The number of likely N-dealkylation sites (tertiary alicyclic amines) is 1. The zero-order chi connectivity index (χ0) is 22.5. The maximum absolute atomic E-state index is 12.2. The molecular formula is C15H23NO2S. The third-order valence-corrected chi connectivity index (χ3v) is 4.15. The van der Waals surface area contributed by atoms with Crippen LogP contribution in [0.5, 0.6) is 0 Å². The molecule has 0 aromatic heterocycles. The molecule has 0 radical (unpaired) electrons. The number of hydrogen-bond donors (Lipinski definition) is 0. The van der Waals surface area contributed by atoms with Crippen LogP contribution >= 0.6 is 0 Å². The van der Waals surface area contributed by atoms with Crippen LogP contribution in [0, 0.1) is 0 Å². The highest BCUT2D eigenvalue weighted by molar-refractivity contribution is 7.90. The lowest BCUT2D eigenvalue weighted by Crippen LogP contribution is -2.34. The Hall–Kier alpha value is -0.870. The lowest BCUT2D eigenvalue weighted by Gasteiger charge is -2.32. The minimum atomic E-state index is -4.54. The molecule has 0 saturated carbocycles. The van der Waals surface area contributed by atoms with Crippen molar-refractivity contribution in [3.8, 4) is 0 Å². The molecule has 1 fully saturated rings. The maximum atomic E-state index is 12.2. The van der Waals surface area contributed by atoms with Crippen LogP contribution in [0.1, 0.15) is 51.3 Å². The van der Waals surface area contributed by atoms with Crippen LogP contribution in [-0.4, -0.2) is 39.1 Å². The van der Waals surface area contributed by atoms with Gasteiger partial charge < -0.3 is 4.90 Å². The highest BCUT2D eigenvalue weighted by Gasteiger charge is 2.21. The first kappa shape index (κ1) is 6.27. The summed E-state index contributed by atoms with van der Waals surface area (Å²) in [5, 5.41) is 0. The zero-order valence-electron chi connectivity index (χ0n) is 20.4. The topological polar surface area (TPSA) is 37.4 Å². The van der Waals surface area contributed by atoms with Crippen molar-refractivity contribution in [1.29, 1.82) is 0 Å². The van der Waals surface area contributed by atoms with Crippen LogP contribution in [0.3, 0.4) is 0 Å². The summed E-state index contributed by atoms with van der Waals surface area (Å²) in [6.07, 6.45) is -5.34. The van der Waals surface area contributed by atoms with Crippen LogP contribution in [0.15, 0.2) is 29.2 Å². The van der Waals surface area contributed by atoms with E-state index >= 15 is 0 Å². The molecule has 1 aromatic rings. The predicted molar refractivity (Wildman–Crippen MR) is 78.3 cm³/mol. The fourth-order valence-electron chi connectivity index (χ4n) is 2.37. The number of sulfone groups is 1. The van der Waals surface area contributed by atoms with E-state index in [1.165, 1.54) is 18.2 Å².